The lowest BCUT2D eigenvalue weighted by atomic mass is 9.80. The minimum absolute atomic E-state index is 0.155. The lowest BCUT2D eigenvalue weighted by Crippen LogP contribution is -2.24. The van der Waals surface area contributed by atoms with Crippen LogP contribution in [0, 0.1) is 0 Å². The average molecular weight is 621 g/mol. The van der Waals surface area contributed by atoms with Gasteiger partial charge in [0.15, 0.2) is 7.14 Å². The van der Waals surface area contributed by atoms with Crippen LogP contribution >= 0.6 is 7.14 Å². The van der Waals surface area contributed by atoms with Gasteiger partial charge in [0.25, 0.3) is 0 Å². The largest absolute Gasteiger partial charge is 0.309 e. The molecule has 0 bridgehead atoms. The molecule has 0 radical (unpaired) electrons. The number of rotatable bonds is 4. The van der Waals surface area contributed by atoms with Crippen LogP contribution in [0.5, 0.6) is 0 Å². The number of benzene rings is 8. The van der Waals surface area contributed by atoms with Gasteiger partial charge in [0.1, 0.15) is 0 Å². The van der Waals surface area contributed by atoms with Gasteiger partial charge in [-0.3, -0.25) is 0 Å². The van der Waals surface area contributed by atoms with Gasteiger partial charge < -0.3 is 4.57 Å². The molecule has 2 heteroatoms. The van der Waals surface area contributed by atoms with Crippen molar-refractivity contribution in [3.8, 4) is 22.3 Å². The van der Waals surface area contributed by atoms with E-state index in [1.54, 1.807) is 0 Å². The molecule has 8 aromatic rings. The highest BCUT2D eigenvalue weighted by molar-refractivity contribution is 7.85. The molecular weight excluding hydrogens is 587 g/mol. The fraction of sp³-hybridized carbons (Fsp3) is 0.0667. The van der Waals surface area contributed by atoms with Gasteiger partial charge in [-0.25, -0.2) is 0 Å². The summed E-state index contributed by atoms with van der Waals surface area (Å²) in [5.74, 6) is 0. The Labute approximate surface area is 275 Å². The Hall–Kier alpha value is -5.23. The molecule has 0 saturated carbocycles. The number of hydrogen-bond acceptors (Lipinski definition) is 1. The highest BCUT2D eigenvalue weighted by Crippen LogP contribution is 2.52. The van der Waals surface area contributed by atoms with Gasteiger partial charge in [-0.15, -0.1) is 0 Å². The predicted octanol–water partition coefficient (Wildman–Crippen LogP) is 10.8. The van der Waals surface area contributed by atoms with Crippen molar-refractivity contribution in [2.24, 2.45) is 0 Å². The monoisotopic (exact) mass is 620 g/mol. The van der Waals surface area contributed by atoms with Crippen molar-refractivity contribution >= 4 is 55.4 Å². The van der Waals surface area contributed by atoms with Crippen molar-refractivity contribution in [3.63, 3.8) is 0 Å². The topological polar surface area (TPSA) is 17.1 Å². The summed E-state index contributed by atoms with van der Waals surface area (Å²) in [5, 5.41) is 10.4. The predicted molar refractivity (Wildman–Crippen MR) is 201 cm³/mol. The van der Waals surface area contributed by atoms with Crippen LogP contribution in [0.2, 0.25) is 0 Å². The quantitative estimate of drug-likeness (QED) is 0.141. The van der Waals surface area contributed by atoms with Crippen LogP contribution in [-0.2, 0) is 9.98 Å². The van der Waals surface area contributed by atoms with Gasteiger partial charge in [-0.2, -0.15) is 0 Å². The maximum absolute atomic E-state index is 14.9. The van der Waals surface area contributed by atoms with E-state index in [1.807, 2.05) is 60.7 Å². The van der Waals surface area contributed by atoms with E-state index in [0.29, 0.717) is 0 Å². The minimum Gasteiger partial charge on any atom is -0.309 e. The molecule has 0 atom stereocenters. The second kappa shape index (κ2) is 10.4. The smallest absolute Gasteiger partial charge is 0.171 e. The van der Waals surface area contributed by atoms with Crippen molar-refractivity contribution in [2.45, 2.75) is 19.3 Å². The Bertz CT molecular complexity index is 2500. The maximum atomic E-state index is 14.9. The van der Waals surface area contributed by atoms with E-state index in [1.165, 1.54) is 60.1 Å². The van der Waals surface area contributed by atoms with E-state index < -0.39 is 7.14 Å². The van der Waals surface area contributed by atoms with E-state index in [2.05, 4.69) is 117 Å². The van der Waals surface area contributed by atoms with E-state index in [-0.39, 0.29) is 5.41 Å². The summed E-state index contributed by atoms with van der Waals surface area (Å²) in [6.07, 6.45) is 0. The second-order valence-electron chi connectivity index (χ2n) is 13.2. The van der Waals surface area contributed by atoms with Crippen LogP contribution in [0.3, 0.4) is 0 Å². The van der Waals surface area contributed by atoms with Crippen molar-refractivity contribution in [3.05, 3.63) is 175 Å². The number of hydrogen-bond donors (Lipinski definition) is 0. The summed E-state index contributed by atoms with van der Waals surface area (Å²) in [6, 6.07) is 57.6. The summed E-state index contributed by atoms with van der Waals surface area (Å²) in [5.41, 5.74) is 7.49. The zero-order chi connectivity index (χ0) is 31.8. The van der Waals surface area contributed by atoms with Gasteiger partial charge in [0, 0.05) is 21.3 Å². The van der Waals surface area contributed by atoms with Gasteiger partial charge >= 0.3 is 0 Å². The molecule has 0 spiro atoms. The van der Waals surface area contributed by atoms with Gasteiger partial charge in [-0.05, 0) is 83.9 Å². The summed E-state index contributed by atoms with van der Waals surface area (Å²) >= 11 is 0. The van der Waals surface area contributed by atoms with E-state index in [9.17, 15) is 4.57 Å². The van der Waals surface area contributed by atoms with Crippen LogP contribution < -0.4 is 15.9 Å². The lowest BCUT2D eigenvalue weighted by Gasteiger charge is -2.23. The molecule has 1 aliphatic carbocycles. The van der Waals surface area contributed by atoms with Crippen molar-refractivity contribution in [1.82, 2.24) is 0 Å². The third kappa shape index (κ3) is 4.13. The molecule has 0 unspecified atom stereocenters. The minimum atomic E-state index is -3.02. The molecule has 0 fully saturated rings. The Balaban J connectivity index is 1.16. The summed E-state index contributed by atoms with van der Waals surface area (Å²) < 4.78 is 14.9. The third-order valence-electron chi connectivity index (χ3n) is 10.3. The molecule has 0 N–H and O–H groups in total. The first-order chi connectivity index (χ1) is 22.9. The molecule has 1 nitrogen and oxygen atoms in total. The van der Waals surface area contributed by atoms with E-state index >= 15 is 0 Å². The van der Waals surface area contributed by atoms with E-state index in [0.717, 1.165) is 21.5 Å². The summed E-state index contributed by atoms with van der Waals surface area (Å²) in [4.78, 5) is 0. The van der Waals surface area contributed by atoms with E-state index in [4.69, 9.17) is 0 Å². The molecule has 0 aliphatic heterocycles. The standard InChI is InChI=1S/C45H33OP/c1-45(2)43-27-31(30-21-24-34(25-22-30)47(46,32-13-5-3-6-14-32)33-15-7-4-8-16-33)23-26-39(43)42-28-40-37-19-11-9-17-35(37)36-18-10-12-20-38(36)41(40)29-44(42)45/h3-29H,1-2H3. The summed E-state index contributed by atoms with van der Waals surface area (Å²) in [7, 11) is -3.02. The Kier molecular flexibility index (Phi) is 6.20. The molecular formula is C45H33OP. The van der Waals surface area contributed by atoms with Crippen molar-refractivity contribution < 1.29 is 4.57 Å². The van der Waals surface area contributed by atoms with Gasteiger partial charge in [0.05, 0.1) is 0 Å². The van der Waals surface area contributed by atoms with Crippen molar-refractivity contribution in [1.29, 1.82) is 0 Å². The lowest BCUT2D eigenvalue weighted by molar-refractivity contribution is 0.592. The fourth-order valence-corrected chi connectivity index (χ4v) is 10.5. The van der Waals surface area contributed by atoms with Gasteiger partial charge in [0.2, 0.25) is 0 Å². The Morgan fingerprint density at radius 1 is 0.383 bits per heavy atom. The highest BCUT2D eigenvalue weighted by Gasteiger charge is 2.36. The molecule has 0 saturated heterocycles. The van der Waals surface area contributed by atoms with Crippen LogP contribution in [0.15, 0.2) is 164 Å². The first-order valence-electron chi connectivity index (χ1n) is 16.3. The molecule has 47 heavy (non-hydrogen) atoms. The van der Waals surface area contributed by atoms with Crippen LogP contribution in [-0.4, -0.2) is 0 Å². The molecule has 9 rings (SSSR count). The molecule has 0 amide bonds. The Morgan fingerprint density at radius 3 is 1.36 bits per heavy atom. The van der Waals surface area contributed by atoms with Gasteiger partial charge in [-0.1, -0.05) is 159 Å². The molecule has 0 heterocycles. The second-order valence-corrected chi connectivity index (χ2v) is 16.0. The molecule has 224 valence electrons. The van der Waals surface area contributed by atoms with Crippen LogP contribution in [0.25, 0.3) is 54.6 Å². The zero-order valence-corrected chi connectivity index (χ0v) is 27.3. The Morgan fingerprint density at radius 2 is 0.809 bits per heavy atom. The van der Waals surface area contributed by atoms with Crippen LogP contribution in [0.4, 0.5) is 0 Å². The highest BCUT2D eigenvalue weighted by atomic mass is 31.2. The third-order valence-corrected chi connectivity index (χ3v) is 13.4. The zero-order valence-electron chi connectivity index (χ0n) is 26.4. The molecule has 8 aromatic carbocycles. The first kappa shape index (κ1) is 28.0. The van der Waals surface area contributed by atoms with Crippen LogP contribution in [0.1, 0.15) is 25.0 Å². The van der Waals surface area contributed by atoms with Crippen molar-refractivity contribution in [2.75, 3.05) is 0 Å². The average Bonchev–Trinajstić information content (AvgIpc) is 3.36. The summed E-state index contributed by atoms with van der Waals surface area (Å²) in [6.45, 7) is 4.71. The first-order valence-corrected chi connectivity index (χ1v) is 18.0. The maximum Gasteiger partial charge on any atom is 0.171 e. The molecule has 0 aromatic heterocycles. The molecule has 1 aliphatic rings. The number of fused-ring (bicyclic) bond motifs is 9. The fourth-order valence-electron chi connectivity index (χ4n) is 7.90. The SMILES string of the molecule is CC1(C)c2cc(-c3ccc(P(=O)(c4ccccc4)c4ccccc4)cc3)ccc2-c2cc3c4ccccc4c4ccccc4c3cc21. The normalized spacial score (nSPS) is 13.6.